The summed E-state index contributed by atoms with van der Waals surface area (Å²) in [5.41, 5.74) is 1.84. The van der Waals surface area contributed by atoms with Gasteiger partial charge in [0.1, 0.15) is 0 Å². The van der Waals surface area contributed by atoms with E-state index in [0.29, 0.717) is 5.88 Å². The van der Waals surface area contributed by atoms with Crippen molar-refractivity contribution >= 4 is 34.5 Å². The molecule has 0 aliphatic rings. The molecule has 0 fully saturated rings. The molecule has 0 amide bonds. The van der Waals surface area contributed by atoms with Crippen molar-refractivity contribution in [1.82, 2.24) is 14.8 Å². The third kappa shape index (κ3) is 3.44. The first kappa shape index (κ1) is 12.9. The van der Waals surface area contributed by atoms with Gasteiger partial charge in [-0.1, -0.05) is 11.6 Å². The number of alkyl halides is 1. The van der Waals surface area contributed by atoms with Gasteiger partial charge in [-0.2, -0.15) is 5.10 Å². The van der Waals surface area contributed by atoms with Crippen LogP contribution in [-0.4, -0.2) is 14.8 Å². The summed E-state index contributed by atoms with van der Waals surface area (Å²) in [4.78, 5) is 4.41. The average Bonchev–Trinajstić information content (AvgIpc) is 2.87. The van der Waals surface area contributed by atoms with Crippen LogP contribution in [0.5, 0.6) is 0 Å². The molecular weight excluding hydrogens is 277 g/mol. The minimum Gasteiger partial charge on any atom is -0.271 e. The van der Waals surface area contributed by atoms with Gasteiger partial charge >= 0.3 is 0 Å². The number of thiazole rings is 1. The van der Waals surface area contributed by atoms with Crippen LogP contribution in [0.4, 0.5) is 0 Å². The summed E-state index contributed by atoms with van der Waals surface area (Å²) in [6.45, 7) is 2.77. The quantitative estimate of drug-likeness (QED) is 0.787. The summed E-state index contributed by atoms with van der Waals surface area (Å²) in [5, 5.41) is 8.18. The minimum atomic E-state index is 0.491. The Bertz CT molecular complexity index is 473. The number of hydrogen-bond acceptors (Lipinski definition) is 3. The molecule has 2 heterocycles. The summed E-state index contributed by atoms with van der Waals surface area (Å²) in [6.07, 6.45) is 3.83. The van der Waals surface area contributed by atoms with Crippen LogP contribution in [0.3, 0.4) is 0 Å². The van der Waals surface area contributed by atoms with Crippen molar-refractivity contribution in [2.24, 2.45) is 0 Å². The second-order valence-electron chi connectivity index (χ2n) is 3.80. The van der Waals surface area contributed by atoms with Crippen LogP contribution in [0.15, 0.2) is 11.6 Å². The van der Waals surface area contributed by atoms with E-state index in [9.17, 15) is 0 Å². The normalized spacial score (nSPS) is 11.0. The van der Waals surface area contributed by atoms with Crippen LogP contribution in [0, 0.1) is 6.92 Å². The predicted octanol–water partition coefficient (Wildman–Crippen LogP) is 3.67. The monoisotopic (exact) mass is 289 g/mol. The van der Waals surface area contributed by atoms with Crippen molar-refractivity contribution in [3.63, 3.8) is 0 Å². The summed E-state index contributed by atoms with van der Waals surface area (Å²) in [5.74, 6) is 0.491. The molecule has 6 heteroatoms. The summed E-state index contributed by atoms with van der Waals surface area (Å²) in [7, 11) is 0. The molecule has 92 valence electrons. The Morgan fingerprint density at radius 2 is 2.29 bits per heavy atom. The smallest absolute Gasteiger partial charge is 0.0929 e. The van der Waals surface area contributed by atoms with Crippen LogP contribution in [0.1, 0.15) is 22.8 Å². The Morgan fingerprint density at radius 1 is 1.47 bits per heavy atom. The Balaban J connectivity index is 1.83. The fourth-order valence-electron chi connectivity index (χ4n) is 1.53. The van der Waals surface area contributed by atoms with Crippen LogP contribution >= 0.6 is 34.5 Å². The molecular formula is C11H13Cl2N3S. The topological polar surface area (TPSA) is 30.7 Å². The number of nitrogens with zero attached hydrogens (tertiary/aromatic N) is 3. The van der Waals surface area contributed by atoms with Gasteiger partial charge in [0, 0.05) is 24.5 Å². The highest BCUT2D eigenvalue weighted by molar-refractivity contribution is 7.09. The predicted molar refractivity (Wildman–Crippen MR) is 72.0 cm³/mol. The van der Waals surface area contributed by atoms with Crippen molar-refractivity contribution in [3.05, 3.63) is 33.0 Å². The van der Waals surface area contributed by atoms with Crippen molar-refractivity contribution in [2.45, 2.75) is 32.2 Å². The molecule has 3 nitrogen and oxygen atoms in total. The number of halogens is 2. The maximum atomic E-state index is 5.94. The lowest BCUT2D eigenvalue weighted by atomic mass is 10.3. The van der Waals surface area contributed by atoms with Gasteiger partial charge in [0.2, 0.25) is 0 Å². The second kappa shape index (κ2) is 5.85. The third-order valence-electron chi connectivity index (χ3n) is 2.40. The van der Waals surface area contributed by atoms with Crippen LogP contribution < -0.4 is 0 Å². The van der Waals surface area contributed by atoms with Crippen molar-refractivity contribution in [2.75, 3.05) is 0 Å². The summed E-state index contributed by atoms with van der Waals surface area (Å²) >= 11 is 13.3. The van der Waals surface area contributed by atoms with Crippen LogP contribution in [-0.2, 0) is 18.8 Å². The lowest BCUT2D eigenvalue weighted by molar-refractivity contribution is 0.574. The van der Waals surface area contributed by atoms with Crippen molar-refractivity contribution in [1.29, 1.82) is 0 Å². The van der Waals surface area contributed by atoms with E-state index in [1.54, 1.807) is 11.3 Å². The van der Waals surface area contributed by atoms with Gasteiger partial charge in [-0.3, -0.25) is 4.68 Å². The molecule has 0 aliphatic carbocycles. The maximum absolute atomic E-state index is 5.94. The molecule has 0 atom stereocenters. The zero-order valence-electron chi connectivity index (χ0n) is 9.49. The summed E-state index contributed by atoms with van der Waals surface area (Å²) in [6, 6.07) is 0. The number of aromatic nitrogens is 3. The molecule has 2 aromatic rings. The average molecular weight is 290 g/mol. The van der Waals surface area contributed by atoms with Crippen LogP contribution in [0.25, 0.3) is 0 Å². The highest BCUT2D eigenvalue weighted by atomic mass is 35.5. The van der Waals surface area contributed by atoms with Gasteiger partial charge in [0.25, 0.3) is 0 Å². The van der Waals surface area contributed by atoms with Gasteiger partial charge in [-0.25, -0.2) is 4.98 Å². The minimum absolute atomic E-state index is 0.491. The molecule has 0 saturated carbocycles. The molecule has 2 rings (SSSR count). The first-order valence-corrected chi connectivity index (χ1v) is 7.17. The Morgan fingerprint density at radius 3 is 2.88 bits per heavy atom. The Kier molecular flexibility index (Phi) is 4.42. The van der Waals surface area contributed by atoms with E-state index in [1.165, 1.54) is 0 Å². The number of hydrogen-bond donors (Lipinski definition) is 0. The Hall–Kier alpha value is -0.580. The standard InChI is InChI=1S/C11H13Cl2N3S/c1-8-10(13)6-16(15-8)4-2-3-11-14-9(5-12)7-17-11/h6-7H,2-5H2,1H3. The van der Waals surface area contributed by atoms with E-state index in [4.69, 9.17) is 23.2 Å². The molecule has 0 unspecified atom stereocenters. The van der Waals surface area contributed by atoms with Gasteiger partial charge in [-0.05, 0) is 13.3 Å². The lowest BCUT2D eigenvalue weighted by Gasteiger charge is -1.99. The molecule has 0 aromatic carbocycles. The highest BCUT2D eigenvalue weighted by Crippen LogP contribution is 2.15. The highest BCUT2D eigenvalue weighted by Gasteiger charge is 2.03. The summed E-state index contributed by atoms with van der Waals surface area (Å²) < 4.78 is 1.88. The van der Waals surface area contributed by atoms with Crippen molar-refractivity contribution in [3.8, 4) is 0 Å². The zero-order valence-corrected chi connectivity index (χ0v) is 11.8. The molecule has 0 saturated heterocycles. The van der Waals surface area contributed by atoms with Gasteiger partial charge in [-0.15, -0.1) is 22.9 Å². The maximum Gasteiger partial charge on any atom is 0.0929 e. The fraction of sp³-hybridized carbons (Fsp3) is 0.455. The third-order valence-corrected chi connectivity index (χ3v) is 4.00. The molecule has 0 spiro atoms. The second-order valence-corrected chi connectivity index (χ2v) is 5.41. The first-order chi connectivity index (χ1) is 8.19. The van der Waals surface area contributed by atoms with Crippen LogP contribution in [0.2, 0.25) is 5.02 Å². The molecule has 0 N–H and O–H groups in total. The lowest BCUT2D eigenvalue weighted by Crippen LogP contribution is -2.00. The van der Waals surface area contributed by atoms with E-state index in [0.717, 1.165) is 40.8 Å². The van der Waals surface area contributed by atoms with E-state index in [-0.39, 0.29) is 0 Å². The Labute approximate surface area is 114 Å². The van der Waals surface area contributed by atoms with Gasteiger partial charge < -0.3 is 0 Å². The molecule has 2 aromatic heterocycles. The van der Waals surface area contributed by atoms with Gasteiger partial charge in [0.05, 0.1) is 27.3 Å². The largest absolute Gasteiger partial charge is 0.271 e. The molecule has 17 heavy (non-hydrogen) atoms. The SMILES string of the molecule is Cc1nn(CCCc2nc(CCl)cs2)cc1Cl. The zero-order chi connectivity index (χ0) is 12.3. The molecule has 0 radical (unpaired) electrons. The number of aryl methyl sites for hydroxylation is 3. The fourth-order valence-corrected chi connectivity index (χ4v) is 2.74. The molecule has 0 bridgehead atoms. The van der Waals surface area contributed by atoms with E-state index < -0.39 is 0 Å². The van der Waals surface area contributed by atoms with E-state index in [2.05, 4.69) is 10.1 Å². The van der Waals surface area contributed by atoms with Gasteiger partial charge in [0.15, 0.2) is 0 Å². The first-order valence-electron chi connectivity index (χ1n) is 5.38. The molecule has 0 aliphatic heterocycles. The number of rotatable bonds is 5. The van der Waals surface area contributed by atoms with E-state index in [1.807, 2.05) is 23.2 Å². The van der Waals surface area contributed by atoms with E-state index >= 15 is 0 Å². The van der Waals surface area contributed by atoms with Crippen molar-refractivity contribution < 1.29 is 0 Å².